The maximum absolute atomic E-state index is 2.55. The normalized spacial score (nSPS) is 7.50. The summed E-state index contributed by atoms with van der Waals surface area (Å²) in [5.41, 5.74) is 0. The molecule has 6 N–H and O–H groups in total. The number of hydrogen-bond donors (Lipinski definition) is 0. The molecule has 0 spiro atoms. The van der Waals surface area contributed by atoms with Crippen LogP contribution >= 0.6 is 76.1 Å². The van der Waals surface area contributed by atoms with Gasteiger partial charge in [0.1, 0.15) is 0 Å². The zero-order chi connectivity index (χ0) is 4.50. The molecule has 0 bridgehead atoms. The van der Waals surface area contributed by atoms with E-state index in [0.29, 0.717) is 0 Å². The summed E-state index contributed by atoms with van der Waals surface area (Å²) in [6.45, 7) is 0. The summed E-state index contributed by atoms with van der Waals surface area (Å²) >= 11 is 10.2. The van der Waals surface area contributed by atoms with Crippen molar-refractivity contribution in [3.63, 3.8) is 0 Å². The van der Waals surface area contributed by atoms with Crippen LogP contribution in [-0.2, 0) is 1.87 Å². The fraction of sp³-hybridized carbons (Fsp3) is 0. The van der Waals surface area contributed by atoms with Crippen LogP contribution in [0.15, 0.2) is 0 Å². The fourth-order valence-electron chi connectivity index (χ4n) is 0. The van der Waals surface area contributed by atoms with Crippen LogP contribution in [-0.4, -0.2) is 16.4 Å². The third kappa shape index (κ3) is 55.5. The molecule has 8 heavy (non-hydrogen) atoms. The molecule has 0 atom stereocenters. The topological polar surface area (TPSA) is 94.5 Å². The van der Waals surface area contributed by atoms with Gasteiger partial charge in [0.05, 0.1) is 0 Å². The van der Waals surface area contributed by atoms with E-state index in [1.807, 2.05) is 0 Å². The van der Waals surface area contributed by atoms with E-state index in [9.17, 15) is 0 Å². The molecule has 0 rings (SSSR count). The van der Waals surface area contributed by atoms with Crippen LogP contribution in [0.2, 0.25) is 0 Å². The molecule has 8 heteroatoms. The Labute approximate surface area is 91.7 Å². The second kappa shape index (κ2) is 10.5. The number of halogens is 4. The van der Waals surface area contributed by atoms with Gasteiger partial charge in [-0.15, -0.1) is 0 Å². The molecule has 0 saturated heterocycles. The van der Waals surface area contributed by atoms with Gasteiger partial charge in [0.15, 0.2) is 0 Å². The van der Waals surface area contributed by atoms with E-state index in [2.05, 4.69) is 76.1 Å². The minimum atomic E-state index is -1.34. The first-order valence-corrected chi connectivity index (χ1v) is 37.1. The van der Waals surface area contributed by atoms with Gasteiger partial charge in [0.25, 0.3) is 0 Å². The van der Waals surface area contributed by atoms with Crippen molar-refractivity contribution in [3.8, 4) is 0 Å². The van der Waals surface area contributed by atoms with Gasteiger partial charge >= 0.3 is 78.0 Å². The molecule has 0 aromatic carbocycles. The predicted octanol–water partition coefficient (Wildman–Crippen LogP) is 1.07. The van der Waals surface area contributed by atoms with E-state index in [0.717, 1.165) is 0 Å². The Balaban J connectivity index is -0.0000000267. The van der Waals surface area contributed by atoms with Gasteiger partial charge in [-0.05, 0) is 0 Å². The number of rotatable bonds is 0. The molecule has 0 radical (unpaired) electrons. The molecular weight excluding hydrogens is 737 g/mol. The van der Waals surface area contributed by atoms with E-state index in [-0.39, 0.29) is 16.4 Å². The third-order valence-corrected chi connectivity index (χ3v) is 0. The molecule has 0 unspecified atom stereocenters. The summed E-state index contributed by atoms with van der Waals surface area (Å²) in [5.74, 6) is 0. The number of hydrogen-bond acceptors (Lipinski definition) is 0. The van der Waals surface area contributed by atoms with Gasteiger partial charge in [-0.1, -0.05) is 0 Å². The second-order valence-corrected chi connectivity index (χ2v) is 141. The first kappa shape index (κ1) is 22.5. The first-order valence-electron chi connectivity index (χ1n) is 0.676. The summed E-state index contributed by atoms with van der Waals surface area (Å²) in [4.78, 5) is 0. The second-order valence-electron chi connectivity index (χ2n) is 0.383. The van der Waals surface area contributed by atoms with Crippen molar-refractivity contribution in [2.24, 2.45) is 0 Å². The van der Waals surface area contributed by atoms with E-state index in [4.69, 9.17) is 0 Å². The van der Waals surface area contributed by atoms with Crippen molar-refractivity contribution >= 4 is 76.1 Å². The summed E-state index contributed by atoms with van der Waals surface area (Å²) in [6, 6.07) is 0. The molecular formula is H6I4O3Ta. The Morgan fingerprint density at radius 3 is 0.625 bits per heavy atom. The Morgan fingerprint density at radius 2 is 0.625 bits per heavy atom. The van der Waals surface area contributed by atoms with Crippen LogP contribution in [0.4, 0.5) is 0 Å². The third-order valence-electron chi connectivity index (χ3n) is 0. The Hall–Kier alpha value is 3.54. The summed E-state index contributed by atoms with van der Waals surface area (Å²) in [5, 5.41) is 0. The fourth-order valence-corrected chi connectivity index (χ4v) is 0. The molecule has 3 nitrogen and oxygen atoms in total. The molecule has 57 valence electrons. The van der Waals surface area contributed by atoms with Gasteiger partial charge in [-0.25, -0.2) is 0 Å². The molecule has 0 heterocycles. The van der Waals surface area contributed by atoms with Crippen LogP contribution in [0.25, 0.3) is 0 Å². The minimum absolute atomic E-state index is 0. The van der Waals surface area contributed by atoms with Gasteiger partial charge in [0.2, 0.25) is 0 Å². The van der Waals surface area contributed by atoms with E-state index < -0.39 is 1.87 Å². The van der Waals surface area contributed by atoms with Gasteiger partial charge in [0, 0.05) is 0 Å². The SMILES string of the molecule is O.O.O.[I][Ta]([I])([I])[I]. The van der Waals surface area contributed by atoms with Crippen molar-refractivity contribution in [2.45, 2.75) is 0 Å². The first-order chi connectivity index (χ1) is 2.00. The van der Waals surface area contributed by atoms with Gasteiger partial charge in [-0.3, -0.25) is 0 Å². The Morgan fingerprint density at radius 1 is 0.625 bits per heavy atom. The van der Waals surface area contributed by atoms with E-state index in [1.165, 1.54) is 0 Å². The van der Waals surface area contributed by atoms with Crippen molar-refractivity contribution in [3.05, 3.63) is 0 Å². The van der Waals surface area contributed by atoms with Crippen LogP contribution in [0.1, 0.15) is 0 Å². The standard InChI is InChI=1S/4HI.3H2O.Ta/h4*1H;3*1H2;/q;;;;;;;+4/p-4. The molecule has 0 aliphatic carbocycles. The Bertz CT molecular complexity index is 26.8. The molecule has 0 aliphatic rings. The Kier molecular flexibility index (Phi) is 29.7. The molecule has 0 aromatic heterocycles. The maximum atomic E-state index is 2.55. The van der Waals surface area contributed by atoms with Crippen LogP contribution in [0.5, 0.6) is 0 Å². The molecule has 0 saturated carbocycles. The molecule has 0 amide bonds. The van der Waals surface area contributed by atoms with Crippen LogP contribution in [0, 0.1) is 0 Å². The van der Waals surface area contributed by atoms with Crippen LogP contribution in [0.3, 0.4) is 0 Å². The predicted molar refractivity (Wildman–Crippen MR) is 66.9 cm³/mol. The van der Waals surface area contributed by atoms with Gasteiger partial charge in [-0.2, -0.15) is 0 Å². The zero-order valence-electron chi connectivity index (χ0n) is 3.46. The summed E-state index contributed by atoms with van der Waals surface area (Å²) < 4.78 is -1.34. The van der Waals surface area contributed by atoms with Crippen molar-refractivity contribution < 1.29 is 18.3 Å². The molecule has 0 fully saturated rings. The van der Waals surface area contributed by atoms with Crippen molar-refractivity contribution in [1.29, 1.82) is 0 Å². The quantitative estimate of drug-likeness (QED) is 0.333. The van der Waals surface area contributed by atoms with Crippen molar-refractivity contribution in [1.82, 2.24) is 0 Å². The zero-order valence-corrected chi connectivity index (χ0v) is 15.3. The van der Waals surface area contributed by atoms with E-state index >= 15 is 0 Å². The van der Waals surface area contributed by atoms with Gasteiger partial charge < -0.3 is 16.4 Å². The average molecular weight is 743 g/mol. The molecule has 0 aromatic rings. The van der Waals surface area contributed by atoms with E-state index in [1.54, 1.807) is 0 Å². The molecule has 0 aliphatic heterocycles. The van der Waals surface area contributed by atoms with Crippen LogP contribution < -0.4 is 0 Å². The summed E-state index contributed by atoms with van der Waals surface area (Å²) in [6.07, 6.45) is 0. The summed E-state index contributed by atoms with van der Waals surface area (Å²) in [7, 11) is 0. The average Bonchev–Trinajstić information content (AvgIpc) is 0.722. The van der Waals surface area contributed by atoms with Crippen molar-refractivity contribution in [2.75, 3.05) is 0 Å². The monoisotopic (exact) mass is 743 g/mol.